The summed E-state index contributed by atoms with van der Waals surface area (Å²) in [6, 6.07) is 0. The van der Waals surface area contributed by atoms with Crippen LogP contribution in [-0.4, -0.2) is 39.2 Å². The van der Waals surface area contributed by atoms with Crippen LogP contribution >= 0.6 is 11.3 Å². The molecule has 2 heterocycles. The number of rotatable bonds is 1. The molecule has 0 radical (unpaired) electrons. The van der Waals surface area contributed by atoms with Crippen LogP contribution in [-0.2, 0) is 14.3 Å². The average Bonchev–Trinajstić information content (AvgIpc) is 3.14. The molecule has 1 aliphatic rings. The first kappa shape index (κ1) is 25.4. The summed E-state index contributed by atoms with van der Waals surface area (Å²) in [6.07, 6.45) is 1.67. The van der Waals surface area contributed by atoms with Gasteiger partial charge in [-0.1, -0.05) is 39.0 Å². The lowest BCUT2D eigenvalue weighted by atomic mass is 9.73. The summed E-state index contributed by atoms with van der Waals surface area (Å²) in [6.45, 7) is 12.7. The van der Waals surface area contributed by atoms with Gasteiger partial charge in [0.1, 0.15) is 11.9 Å². The van der Waals surface area contributed by atoms with Crippen molar-refractivity contribution in [3.8, 4) is 0 Å². The summed E-state index contributed by atoms with van der Waals surface area (Å²) in [5.74, 6) is -1.63. The molecular formula is C24H35NO5S. The molecule has 172 valence electrons. The van der Waals surface area contributed by atoms with Crippen LogP contribution in [0, 0.1) is 18.3 Å². The smallest absolute Gasteiger partial charge is 0.309 e. The normalized spacial score (nSPS) is 31.1. The molecule has 0 amide bonds. The van der Waals surface area contributed by atoms with E-state index in [1.807, 2.05) is 25.3 Å². The fraction of sp³-hybridized carbons (Fsp3) is 0.625. The Morgan fingerprint density at radius 1 is 1.23 bits per heavy atom. The first-order chi connectivity index (χ1) is 14.4. The Kier molecular flexibility index (Phi) is 8.74. The number of aryl methyl sites for hydroxylation is 1. The SMILES string of the molecule is C=C1CCC/C(C)=C\C[C@@H](c2csc(C)n2)OC(=O)C[C@H](O)C(C)(C)C(=O)[C@H](C)[C@H]1O. The Labute approximate surface area is 189 Å². The van der Waals surface area contributed by atoms with E-state index in [1.54, 1.807) is 20.8 Å². The van der Waals surface area contributed by atoms with Crippen LogP contribution in [0.5, 0.6) is 0 Å². The number of hydrogen-bond donors (Lipinski definition) is 2. The van der Waals surface area contributed by atoms with E-state index in [0.717, 1.165) is 23.4 Å². The van der Waals surface area contributed by atoms with Gasteiger partial charge in [-0.2, -0.15) is 0 Å². The number of carbonyl (C=O) groups is 2. The van der Waals surface area contributed by atoms with Crippen molar-refractivity contribution >= 4 is 23.1 Å². The summed E-state index contributed by atoms with van der Waals surface area (Å²) < 4.78 is 5.69. The summed E-state index contributed by atoms with van der Waals surface area (Å²) in [4.78, 5) is 30.2. The van der Waals surface area contributed by atoms with Crippen LogP contribution in [0.15, 0.2) is 29.2 Å². The van der Waals surface area contributed by atoms with E-state index in [1.165, 1.54) is 11.3 Å². The third kappa shape index (κ3) is 6.57. The highest BCUT2D eigenvalue weighted by atomic mass is 32.1. The summed E-state index contributed by atoms with van der Waals surface area (Å²) in [5, 5.41) is 24.1. The molecule has 0 spiro atoms. The second kappa shape index (κ2) is 10.7. The fourth-order valence-electron chi connectivity index (χ4n) is 3.78. The highest BCUT2D eigenvalue weighted by molar-refractivity contribution is 7.09. The Morgan fingerprint density at radius 2 is 1.90 bits per heavy atom. The number of Topliss-reactive ketones (excluding diaryl/α,β-unsaturated/α-hetero) is 1. The molecular weight excluding hydrogens is 414 g/mol. The maximum Gasteiger partial charge on any atom is 0.309 e. The number of ketones is 1. The van der Waals surface area contributed by atoms with Crippen LogP contribution in [0.4, 0.5) is 0 Å². The number of carbonyl (C=O) groups excluding carboxylic acids is 2. The van der Waals surface area contributed by atoms with E-state index in [9.17, 15) is 19.8 Å². The number of nitrogens with zero attached hydrogens (tertiary/aromatic N) is 1. The first-order valence-electron chi connectivity index (χ1n) is 10.8. The molecule has 1 aromatic rings. The number of allylic oxidation sites excluding steroid dienone is 1. The van der Waals surface area contributed by atoms with Gasteiger partial charge >= 0.3 is 5.97 Å². The van der Waals surface area contributed by atoms with E-state index in [4.69, 9.17) is 4.74 Å². The van der Waals surface area contributed by atoms with Crippen molar-refractivity contribution in [1.29, 1.82) is 0 Å². The molecule has 1 aromatic heterocycles. The van der Waals surface area contributed by atoms with Crippen LogP contribution < -0.4 is 0 Å². The number of aliphatic hydroxyl groups is 2. The molecule has 0 aromatic carbocycles. The van der Waals surface area contributed by atoms with Crippen LogP contribution in [0.1, 0.15) is 76.6 Å². The summed E-state index contributed by atoms with van der Waals surface area (Å²) >= 11 is 1.49. The minimum Gasteiger partial charge on any atom is -0.455 e. The van der Waals surface area contributed by atoms with Crippen molar-refractivity contribution in [3.63, 3.8) is 0 Å². The van der Waals surface area contributed by atoms with Crippen molar-refractivity contribution in [2.75, 3.05) is 0 Å². The van der Waals surface area contributed by atoms with Crippen molar-refractivity contribution in [2.24, 2.45) is 11.3 Å². The third-order valence-corrected chi connectivity index (χ3v) is 6.92. The van der Waals surface area contributed by atoms with E-state index < -0.39 is 35.6 Å². The fourth-order valence-corrected chi connectivity index (χ4v) is 4.43. The standard InChI is InChI=1S/C24H35NO5S/c1-14-8-7-9-15(2)22(28)16(3)23(29)24(5,6)20(26)12-21(27)30-19(11-10-14)18-13-31-17(4)25-18/h10,13,16,19-20,22,26,28H,2,7-9,11-12H2,1,3-6H3/b14-10-/t16-,19+,20+,22+/m1/s1. The molecule has 0 bridgehead atoms. The van der Waals surface area contributed by atoms with Gasteiger partial charge in [-0.05, 0) is 38.7 Å². The maximum atomic E-state index is 13.0. The van der Waals surface area contributed by atoms with Gasteiger partial charge in [0.25, 0.3) is 0 Å². The monoisotopic (exact) mass is 449 g/mol. The molecule has 6 nitrogen and oxygen atoms in total. The predicted molar refractivity (Wildman–Crippen MR) is 122 cm³/mol. The molecule has 7 heteroatoms. The second-order valence-electron chi connectivity index (χ2n) is 9.11. The molecule has 0 saturated carbocycles. The van der Waals surface area contributed by atoms with Crippen molar-refractivity contribution in [3.05, 3.63) is 39.9 Å². The van der Waals surface area contributed by atoms with Crippen molar-refractivity contribution < 1.29 is 24.5 Å². The molecule has 4 atom stereocenters. The van der Waals surface area contributed by atoms with Crippen LogP contribution in [0.3, 0.4) is 0 Å². The van der Waals surface area contributed by atoms with E-state index >= 15 is 0 Å². The maximum absolute atomic E-state index is 13.0. The predicted octanol–water partition coefficient (Wildman–Crippen LogP) is 4.46. The molecule has 31 heavy (non-hydrogen) atoms. The van der Waals surface area contributed by atoms with Gasteiger partial charge in [-0.25, -0.2) is 4.98 Å². The Morgan fingerprint density at radius 3 is 2.52 bits per heavy atom. The van der Waals surface area contributed by atoms with Crippen molar-refractivity contribution in [1.82, 2.24) is 4.98 Å². The zero-order valence-electron chi connectivity index (χ0n) is 19.2. The quantitative estimate of drug-likeness (QED) is 0.485. The zero-order chi connectivity index (χ0) is 23.3. The zero-order valence-corrected chi connectivity index (χ0v) is 20.0. The molecule has 0 saturated heterocycles. The van der Waals surface area contributed by atoms with Gasteiger partial charge < -0.3 is 14.9 Å². The minimum atomic E-state index is -1.24. The highest BCUT2D eigenvalue weighted by Crippen LogP contribution is 2.33. The first-order valence-corrected chi connectivity index (χ1v) is 11.7. The topological polar surface area (TPSA) is 96.7 Å². The summed E-state index contributed by atoms with van der Waals surface area (Å²) in [7, 11) is 0. The van der Waals surface area contributed by atoms with Gasteiger partial charge in [-0.15, -0.1) is 11.3 Å². The number of esters is 1. The molecule has 0 unspecified atom stereocenters. The second-order valence-corrected chi connectivity index (χ2v) is 10.2. The molecule has 1 aliphatic heterocycles. The van der Waals surface area contributed by atoms with E-state index in [2.05, 4.69) is 11.6 Å². The van der Waals surface area contributed by atoms with Crippen LogP contribution in [0.25, 0.3) is 0 Å². The molecule has 2 N–H and O–H groups in total. The highest BCUT2D eigenvalue weighted by Gasteiger charge is 2.42. The minimum absolute atomic E-state index is 0.309. The van der Waals surface area contributed by atoms with Gasteiger partial charge in [0.2, 0.25) is 0 Å². The Bertz CT molecular complexity index is 841. The number of hydrogen-bond acceptors (Lipinski definition) is 7. The van der Waals surface area contributed by atoms with Gasteiger partial charge in [0.05, 0.1) is 34.7 Å². The Hall–Kier alpha value is -1.83. The number of aliphatic hydroxyl groups excluding tert-OH is 2. The van der Waals surface area contributed by atoms with Gasteiger partial charge in [0, 0.05) is 17.7 Å². The molecule has 0 fully saturated rings. The largest absolute Gasteiger partial charge is 0.455 e. The third-order valence-electron chi connectivity index (χ3n) is 6.12. The van der Waals surface area contributed by atoms with Gasteiger partial charge in [0.15, 0.2) is 0 Å². The number of ether oxygens (including phenoxy) is 1. The van der Waals surface area contributed by atoms with E-state index in [0.29, 0.717) is 24.1 Å². The number of thiazole rings is 1. The lowest BCUT2D eigenvalue weighted by Crippen LogP contribution is -2.44. The number of cyclic esters (lactones) is 1. The van der Waals surface area contributed by atoms with E-state index in [-0.39, 0.29) is 12.2 Å². The van der Waals surface area contributed by atoms with Crippen LogP contribution in [0.2, 0.25) is 0 Å². The summed E-state index contributed by atoms with van der Waals surface area (Å²) in [5.41, 5.74) is 1.23. The lowest BCUT2D eigenvalue weighted by Gasteiger charge is -2.33. The molecule has 2 rings (SSSR count). The average molecular weight is 450 g/mol. The number of aromatic nitrogens is 1. The van der Waals surface area contributed by atoms with Crippen molar-refractivity contribution in [2.45, 2.75) is 85.0 Å². The lowest BCUT2D eigenvalue weighted by molar-refractivity contribution is -0.155. The Balaban J connectivity index is 2.32. The molecule has 0 aliphatic carbocycles. The van der Waals surface area contributed by atoms with Gasteiger partial charge in [-0.3, -0.25) is 9.59 Å².